The highest BCUT2D eigenvalue weighted by Gasteiger charge is 2.39. The summed E-state index contributed by atoms with van der Waals surface area (Å²) < 4.78 is 2.61. The van der Waals surface area contributed by atoms with Gasteiger partial charge >= 0.3 is 5.69 Å². The highest BCUT2D eigenvalue weighted by atomic mass is 16.3. The molecule has 24 heavy (non-hydrogen) atoms. The molecular formula is C18H15N3O3. The van der Waals surface area contributed by atoms with E-state index in [9.17, 15) is 20.3 Å². The van der Waals surface area contributed by atoms with E-state index in [2.05, 4.69) is 6.07 Å². The number of hydrogen-bond donors (Lipinski definition) is 2. The summed E-state index contributed by atoms with van der Waals surface area (Å²) in [4.78, 5) is 12.8. The average molecular weight is 321 g/mol. The average Bonchev–Trinajstić information content (AvgIpc) is 3.02. The van der Waals surface area contributed by atoms with Gasteiger partial charge in [-0.25, -0.2) is 9.36 Å². The first kappa shape index (κ1) is 14.5. The fourth-order valence-corrected chi connectivity index (χ4v) is 3.51. The van der Waals surface area contributed by atoms with Crippen LogP contribution in [0.15, 0.2) is 41.2 Å². The zero-order valence-corrected chi connectivity index (χ0v) is 13.0. The molecular weight excluding hydrogens is 306 g/mol. The number of aliphatic hydroxyl groups is 1. The third kappa shape index (κ3) is 1.76. The van der Waals surface area contributed by atoms with Crippen LogP contribution in [0.4, 0.5) is 0 Å². The Morgan fingerprint density at radius 2 is 1.92 bits per heavy atom. The molecule has 1 aliphatic rings. The van der Waals surface area contributed by atoms with E-state index in [0.29, 0.717) is 35.0 Å². The van der Waals surface area contributed by atoms with Gasteiger partial charge in [0.05, 0.1) is 17.3 Å². The molecule has 2 heterocycles. The van der Waals surface area contributed by atoms with Crippen molar-refractivity contribution in [3.8, 4) is 17.6 Å². The van der Waals surface area contributed by atoms with Gasteiger partial charge in [0.1, 0.15) is 11.3 Å². The largest absolute Gasteiger partial charge is 0.493 e. The van der Waals surface area contributed by atoms with Gasteiger partial charge in [-0.15, -0.1) is 0 Å². The van der Waals surface area contributed by atoms with E-state index in [1.54, 1.807) is 31.2 Å². The van der Waals surface area contributed by atoms with Crippen LogP contribution in [0.1, 0.15) is 24.6 Å². The highest BCUT2D eigenvalue weighted by Crippen LogP contribution is 2.38. The fraction of sp³-hybridized carbons (Fsp3) is 0.222. The first-order valence-corrected chi connectivity index (χ1v) is 7.65. The summed E-state index contributed by atoms with van der Waals surface area (Å²) in [5.41, 5.74) is -0.404. The van der Waals surface area contributed by atoms with E-state index in [0.717, 1.165) is 0 Å². The summed E-state index contributed by atoms with van der Waals surface area (Å²) in [5.74, 6) is -0.252. The van der Waals surface area contributed by atoms with E-state index < -0.39 is 11.3 Å². The molecule has 6 heteroatoms. The zero-order valence-electron chi connectivity index (χ0n) is 13.0. The van der Waals surface area contributed by atoms with Gasteiger partial charge in [0, 0.05) is 17.3 Å². The van der Waals surface area contributed by atoms with E-state index in [1.807, 2.05) is 12.1 Å². The van der Waals surface area contributed by atoms with E-state index in [-0.39, 0.29) is 11.6 Å². The third-order valence-corrected chi connectivity index (χ3v) is 4.71. The smallest absolute Gasteiger partial charge is 0.336 e. The van der Waals surface area contributed by atoms with Crippen molar-refractivity contribution < 1.29 is 10.2 Å². The molecule has 0 radical (unpaired) electrons. The van der Waals surface area contributed by atoms with Crippen LogP contribution in [0.25, 0.3) is 16.5 Å². The van der Waals surface area contributed by atoms with Crippen molar-refractivity contribution in [2.75, 3.05) is 0 Å². The van der Waals surface area contributed by atoms with Crippen molar-refractivity contribution in [3.05, 3.63) is 58.1 Å². The molecule has 0 spiro atoms. The van der Waals surface area contributed by atoms with Crippen LogP contribution in [-0.2, 0) is 12.1 Å². The molecule has 0 amide bonds. The number of nitriles is 1. The molecule has 0 saturated carbocycles. The molecule has 1 aliphatic heterocycles. The number of rotatable bonds is 1. The maximum Gasteiger partial charge on any atom is 0.336 e. The quantitative estimate of drug-likeness (QED) is 0.717. The Hall–Kier alpha value is -3.04. The Balaban J connectivity index is 2.09. The van der Waals surface area contributed by atoms with Crippen molar-refractivity contribution >= 4 is 10.8 Å². The summed E-state index contributed by atoms with van der Waals surface area (Å²) in [6, 6.07) is 12.7. The monoisotopic (exact) mass is 321 g/mol. The van der Waals surface area contributed by atoms with Gasteiger partial charge in [0.25, 0.3) is 0 Å². The minimum Gasteiger partial charge on any atom is -0.493 e. The second-order valence-corrected chi connectivity index (χ2v) is 6.26. The van der Waals surface area contributed by atoms with Gasteiger partial charge in [0.2, 0.25) is 5.88 Å². The van der Waals surface area contributed by atoms with Crippen molar-refractivity contribution in [3.63, 3.8) is 0 Å². The number of hydrogen-bond acceptors (Lipinski definition) is 4. The molecule has 120 valence electrons. The fourth-order valence-electron chi connectivity index (χ4n) is 3.51. The molecule has 0 saturated heterocycles. The Morgan fingerprint density at radius 3 is 2.58 bits per heavy atom. The predicted molar refractivity (Wildman–Crippen MR) is 88.1 cm³/mol. The standard InChI is InChI=1S/C18H15N3O3/c1-18(24)8-9-20-15(18)16(22)21(17(20)23)14-7-6-11(10-19)12-4-2-3-5-13(12)14/h2-7,22,24H,8-9H2,1H3/t18-/m1/s1. The lowest BCUT2D eigenvalue weighted by molar-refractivity contribution is 0.0563. The SMILES string of the molecule is C[C@@]1(O)CCn2c1c(O)n(-c1ccc(C#N)c3ccccc13)c2=O. The summed E-state index contributed by atoms with van der Waals surface area (Å²) in [7, 11) is 0. The Kier molecular flexibility index (Phi) is 2.87. The lowest BCUT2D eigenvalue weighted by atomic mass is 10.0. The Labute approximate surface area is 137 Å². The maximum absolute atomic E-state index is 12.8. The normalized spacial score (nSPS) is 19.4. The first-order valence-electron chi connectivity index (χ1n) is 7.65. The molecule has 0 fully saturated rings. The lowest BCUT2D eigenvalue weighted by Gasteiger charge is -2.16. The second-order valence-electron chi connectivity index (χ2n) is 6.26. The van der Waals surface area contributed by atoms with E-state index in [4.69, 9.17) is 0 Å². The van der Waals surface area contributed by atoms with Gasteiger partial charge in [-0.2, -0.15) is 5.26 Å². The number of fused-ring (bicyclic) bond motifs is 2. The lowest BCUT2D eigenvalue weighted by Crippen LogP contribution is -2.22. The molecule has 0 aliphatic carbocycles. The highest BCUT2D eigenvalue weighted by molar-refractivity contribution is 5.94. The van der Waals surface area contributed by atoms with Crippen LogP contribution >= 0.6 is 0 Å². The molecule has 0 unspecified atom stereocenters. The van der Waals surface area contributed by atoms with Crippen LogP contribution in [0.3, 0.4) is 0 Å². The number of aromatic hydroxyl groups is 1. The molecule has 3 aromatic rings. The Bertz CT molecular complexity index is 1080. The molecule has 1 atom stereocenters. The van der Waals surface area contributed by atoms with Gasteiger partial charge in [0.15, 0.2) is 0 Å². The van der Waals surface area contributed by atoms with Crippen LogP contribution in [0.5, 0.6) is 5.88 Å². The van der Waals surface area contributed by atoms with Gasteiger partial charge in [-0.1, -0.05) is 24.3 Å². The molecule has 6 nitrogen and oxygen atoms in total. The molecule has 2 aromatic carbocycles. The zero-order chi connectivity index (χ0) is 17.1. The van der Waals surface area contributed by atoms with Crippen LogP contribution in [0.2, 0.25) is 0 Å². The van der Waals surface area contributed by atoms with Gasteiger partial charge in [-0.05, 0) is 25.5 Å². The number of nitrogens with zero attached hydrogens (tertiary/aromatic N) is 3. The van der Waals surface area contributed by atoms with E-state index in [1.165, 1.54) is 9.13 Å². The summed E-state index contributed by atoms with van der Waals surface area (Å²) in [6.07, 6.45) is 0.389. The van der Waals surface area contributed by atoms with Crippen molar-refractivity contribution in [2.45, 2.75) is 25.5 Å². The summed E-state index contributed by atoms with van der Waals surface area (Å²) in [5, 5.41) is 31.7. The first-order chi connectivity index (χ1) is 11.5. The maximum atomic E-state index is 12.8. The van der Waals surface area contributed by atoms with Crippen LogP contribution in [0, 0.1) is 11.3 Å². The predicted octanol–water partition coefficient (Wildman–Crippen LogP) is 1.98. The molecule has 4 rings (SSSR count). The Morgan fingerprint density at radius 1 is 1.21 bits per heavy atom. The minimum absolute atomic E-state index is 0.237. The molecule has 1 aromatic heterocycles. The second kappa shape index (κ2) is 4.73. The third-order valence-electron chi connectivity index (χ3n) is 4.71. The van der Waals surface area contributed by atoms with Crippen molar-refractivity contribution in [1.82, 2.24) is 9.13 Å². The summed E-state index contributed by atoms with van der Waals surface area (Å²) >= 11 is 0. The van der Waals surface area contributed by atoms with Crippen molar-refractivity contribution in [2.24, 2.45) is 0 Å². The van der Waals surface area contributed by atoms with Crippen molar-refractivity contribution in [1.29, 1.82) is 5.26 Å². The van der Waals surface area contributed by atoms with Crippen LogP contribution < -0.4 is 5.69 Å². The number of imidazole rings is 1. The molecule has 2 N–H and O–H groups in total. The van der Waals surface area contributed by atoms with Crippen LogP contribution in [-0.4, -0.2) is 19.3 Å². The number of aromatic nitrogens is 2. The van der Waals surface area contributed by atoms with E-state index >= 15 is 0 Å². The number of benzene rings is 2. The topological polar surface area (TPSA) is 91.2 Å². The molecule has 0 bridgehead atoms. The summed E-state index contributed by atoms with van der Waals surface area (Å²) in [6.45, 7) is 1.95. The van der Waals surface area contributed by atoms with Gasteiger partial charge < -0.3 is 10.2 Å². The van der Waals surface area contributed by atoms with Gasteiger partial charge in [-0.3, -0.25) is 4.57 Å². The minimum atomic E-state index is -1.24.